The Morgan fingerprint density at radius 3 is 2.17 bits per heavy atom. The van der Waals surface area contributed by atoms with Crippen LogP contribution in [-0.2, 0) is 15.1 Å². The number of aliphatic hydroxyl groups is 1. The standard InChI is InChI=1S/C19H18O4/c1-19(17(20)11-12-18(21)23-19)15-7-3-13(4-8-15)14-5-9-16(22-2)10-6-14/h3-12,18,21H,1-2H3/t18-,19+/m1/s1. The molecule has 0 saturated carbocycles. The highest BCUT2D eigenvalue weighted by Gasteiger charge is 2.38. The van der Waals surface area contributed by atoms with Crippen LogP contribution < -0.4 is 4.74 Å². The van der Waals surface area contributed by atoms with E-state index in [-0.39, 0.29) is 5.78 Å². The highest BCUT2D eigenvalue weighted by atomic mass is 16.6. The van der Waals surface area contributed by atoms with Gasteiger partial charge in [-0.2, -0.15) is 0 Å². The van der Waals surface area contributed by atoms with Crippen LogP contribution >= 0.6 is 0 Å². The summed E-state index contributed by atoms with van der Waals surface area (Å²) in [5, 5.41) is 9.63. The predicted molar refractivity (Wildman–Crippen MR) is 87.0 cm³/mol. The molecule has 1 heterocycles. The molecule has 118 valence electrons. The molecule has 0 radical (unpaired) electrons. The smallest absolute Gasteiger partial charge is 0.191 e. The SMILES string of the molecule is COc1ccc(-c2ccc([C@]3(C)O[C@@H](O)C=CC3=O)cc2)cc1. The number of benzene rings is 2. The molecule has 4 heteroatoms. The number of ketones is 1. The first kappa shape index (κ1) is 15.5. The topological polar surface area (TPSA) is 55.8 Å². The molecule has 0 amide bonds. The van der Waals surface area contributed by atoms with Gasteiger partial charge in [0, 0.05) is 0 Å². The lowest BCUT2D eigenvalue weighted by atomic mass is 9.88. The first-order valence-electron chi connectivity index (χ1n) is 7.36. The van der Waals surface area contributed by atoms with Crippen LogP contribution in [0.2, 0.25) is 0 Å². The molecule has 1 N–H and O–H groups in total. The maximum absolute atomic E-state index is 12.2. The first-order valence-corrected chi connectivity index (χ1v) is 7.36. The van der Waals surface area contributed by atoms with Crippen LogP contribution in [0.15, 0.2) is 60.7 Å². The van der Waals surface area contributed by atoms with Crippen molar-refractivity contribution in [2.24, 2.45) is 0 Å². The van der Waals surface area contributed by atoms with Crippen LogP contribution in [0.25, 0.3) is 11.1 Å². The van der Waals surface area contributed by atoms with Crippen LogP contribution in [0.1, 0.15) is 12.5 Å². The molecular weight excluding hydrogens is 292 g/mol. The highest BCUT2D eigenvalue weighted by molar-refractivity contribution is 5.98. The highest BCUT2D eigenvalue weighted by Crippen LogP contribution is 2.33. The van der Waals surface area contributed by atoms with Gasteiger partial charge in [0.1, 0.15) is 5.75 Å². The molecule has 3 rings (SSSR count). The van der Waals surface area contributed by atoms with Gasteiger partial charge >= 0.3 is 0 Å². The van der Waals surface area contributed by atoms with Crippen molar-refractivity contribution in [1.82, 2.24) is 0 Å². The van der Waals surface area contributed by atoms with E-state index < -0.39 is 11.9 Å². The largest absolute Gasteiger partial charge is 0.497 e. The molecule has 1 aliphatic heterocycles. The van der Waals surface area contributed by atoms with Crippen LogP contribution in [0.5, 0.6) is 5.75 Å². The molecule has 0 spiro atoms. The normalized spacial score (nSPS) is 23.8. The lowest BCUT2D eigenvalue weighted by Gasteiger charge is -2.32. The van der Waals surface area contributed by atoms with Crippen molar-refractivity contribution in [1.29, 1.82) is 0 Å². The molecule has 23 heavy (non-hydrogen) atoms. The van der Waals surface area contributed by atoms with Crippen molar-refractivity contribution in [2.75, 3.05) is 7.11 Å². The summed E-state index contributed by atoms with van der Waals surface area (Å²) < 4.78 is 10.6. The second-order valence-electron chi connectivity index (χ2n) is 5.57. The molecule has 2 aromatic carbocycles. The summed E-state index contributed by atoms with van der Waals surface area (Å²) in [6.07, 6.45) is 1.64. The number of carbonyl (C=O) groups excluding carboxylic acids is 1. The van der Waals surface area contributed by atoms with Gasteiger partial charge in [-0.25, -0.2) is 0 Å². The summed E-state index contributed by atoms with van der Waals surface area (Å²) in [7, 11) is 1.63. The number of hydrogen-bond donors (Lipinski definition) is 1. The zero-order chi connectivity index (χ0) is 16.4. The van der Waals surface area contributed by atoms with E-state index in [0.717, 1.165) is 16.9 Å². The Hall–Kier alpha value is -2.43. The molecule has 0 unspecified atom stereocenters. The molecule has 2 atom stereocenters. The molecule has 2 aromatic rings. The van der Waals surface area contributed by atoms with Gasteiger partial charge in [-0.1, -0.05) is 36.4 Å². The van der Waals surface area contributed by atoms with E-state index in [2.05, 4.69) is 0 Å². The van der Waals surface area contributed by atoms with Crippen LogP contribution in [0, 0.1) is 0 Å². The van der Waals surface area contributed by atoms with Crippen molar-refractivity contribution < 1.29 is 19.4 Å². The monoisotopic (exact) mass is 310 g/mol. The zero-order valence-corrected chi connectivity index (χ0v) is 13.0. The Balaban J connectivity index is 1.89. The number of rotatable bonds is 3. The second kappa shape index (κ2) is 5.99. The summed E-state index contributed by atoms with van der Waals surface area (Å²) in [5.41, 5.74) is 1.63. The zero-order valence-electron chi connectivity index (χ0n) is 13.0. The quantitative estimate of drug-likeness (QED) is 0.946. The number of ether oxygens (including phenoxy) is 2. The fraction of sp³-hybridized carbons (Fsp3) is 0.211. The van der Waals surface area contributed by atoms with Crippen LogP contribution in [-0.4, -0.2) is 24.3 Å². The third-order valence-corrected chi connectivity index (χ3v) is 4.10. The number of aliphatic hydroxyl groups excluding tert-OH is 1. The number of hydrogen-bond acceptors (Lipinski definition) is 4. The van der Waals surface area contributed by atoms with Crippen LogP contribution in [0.4, 0.5) is 0 Å². The summed E-state index contributed by atoms with van der Waals surface area (Å²) in [6, 6.07) is 15.3. The van der Waals surface area contributed by atoms with Crippen molar-refractivity contribution in [3.05, 3.63) is 66.2 Å². The van der Waals surface area contributed by atoms with Gasteiger partial charge in [-0.15, -0.1) is 0 Å². The molecule has 0 aliphatic carbocycles. The summed E-state index contributed by atoms with van der Waals surface area (Å²) in [5.74, 6) is 0.625. The fourth-order valence-electron chi connectivity index (χ4n) is 2.64. The maximum Gasteiger partial charge on any atom is 0.191 e. The number of carbonyl (C=O) groups is 1. The Bertz CT molecular complexity index is 731. The fourth-order valence-corrected chi connectivity index (χ4v) is 2.64. The number of methoxy groups -OCH3 is 1. The molecule has 4 nitrogen and oxygen atoms in total. The summed E-state index contributed by atoms with van der Waals surface area (Å²) in [4.78, 5) is 12.2. The lowest BCUT2D eigenvalue weighted by molar-refractivity contribution is -0.177. The first-order chi connectivity index (χ1) is 11.0. The minimum absolute atomic E-state index is 0.181. The molecule has 0 bridgehead atoms. The van der Waals surface area contributed by atoms with E-state index in [1.807, 2.05) is 48.5 Å². The minimum atomic E-state index is -1.16. The Kier molecular flexibility index (Phi) is 4.03. The molecule has 1 aliphatic rings. The van der Waals surface area contributed by atoms with E-state index in [1.54, 1.807) is 14.0 Å². The molecule has 0 fully saturated rings. The van der Waals surface area contributed by atoms with Crippen molar-refractivity contribution in [3.8, 4) is 16.9 Å². The van der Waals surface area contributed by atoms with E-state index >= 15 is 0 Å². The lowest BCUT2D eigenvalue weighted by Crippen LogP contribution is -2.40. The van der Waals surface area contributed by atoms with Gasteiger partial charge in [0.2, 0.25) is 0 Å². The molecule has 0 aromatic heterocycles. The van der Waals surface area contributed by atoms with Gasteiger partial charge in [0.25, 0.3) is 0 Å². The van der Waals surface area contributed by atoms with Gasteiger partial charge < -0.3 is 14.6 Å². The van der Waals surface area contributed by atoms with Crippen LogP contribution in [0.3, 0.4) is 0 Å². The van der Waals surface area contributed by atoms with Gasteiger partial charge in [0.05, 0.1) is 7.11 Å². The maximum atomic E-state index is 12.2. The van der Waals surface area contributed by atoms with Gasteiger partial charge in [-0.05, 0) is 47.9 Å². The summed E-state index contributed by atoms with van der Waals surface area (Å²) >= 11 is 0. The molecule has 0 saturated heterocycles. The average molecular weight is 310 g/mol. The van der Waals surface area contributed by atoms with Crippen molar-refractivity contribution >= 4 is 5.78 Å². The van der Waals surface area contributed by atoms with Crippen molar-refractivity contribution in [2.45, 2.75) is 18.8 Å². The minimum Gasteiger partial charge on any atom is -0.497 e. The summed E-state index contributed by atoms with van der Waals surface area (Å²) in [6.45, 7) is 1.67. The predicted octanol–water partition coefficient (Wildman–Crippen LogP) is 3.05. The third-order valence-electron chi connectivity index (χ3n) is 4.10. The Morgan fingerprint density at radius 2 is 1.61 bits per heavy atom. The van der Waals surface area contributed by atoms with Crippen molar-refractivity contribution in [3.63, 3.8) is 0 Å². The van der Waals surface area contributed by atoms with Gasteiger partial charge in [-0.3, -0.25) is 4.79 Å². The average Bonchev–Trinajstić information content (AvgIpc) is 2.59. The third kappa shape index (κ3) is 2.91. The molecular formula is C19H18O4. The van der Waals surface area contributed by atoms with E-state index in [0.29, 0.717) is 5.56 Å². The van der Waals surface area contributed by atoms with E-state index in [1.165, 1.54) is 12.2 Å². The van der Waals surface area contributed by atoms with Gasteiger partial charge in [0.15, 0.2) is 17.7 Å². The second-order valence-corrected chi connectivity index (χ2v) is 5.57. The Morgan fingerprint density at radius 1 is 1.04 bits per heavy atom. The van der Waals surface area contributed by atoms with E-state index in [4.69, 9.17) is 9.47 Å². The Labute approximate surface area is 135 Å². The van der Waals surface area contributed by atoms with E-state index in [9.17, 15) is 9.90 Å².